The number of amides is 2. The molecule has 0 bridgehead atoms. The van der Waals surface area contributed by atoms with Gasteiger partial charge in [0.25, 0.3) is 0 Å². The highest BCUT2D eigenvalue weighted by molar-refractivity contribution is 7.99. The number of aliphatic carboxylic acids is 1. The number of carbonyl (C=O) groups excluding carboxylic acids is 1. The van der Waals surface area contributed by atoms with Crippen LogP contribution in [0.2, 0.25) is 10.0 Å². The maximum absolute atomic E-state index is 12.0. The summed E-state index contributed by atoms with van der Waals surface area (Å²) in [5.74, 6) is -0.284. The molecule has 1 heterocycles. The fourth-order valence-corrected chi connectivity index (χ4v) is 3.23. The smallest absolute Gasteiger partial charge is 0.327 e. The summed E-state index contributed by atoms with van der Waals surface area (Å²) in [5, 5.41) is 12.4. The fourth-order valence-electron chi connectivity index (χ4n) is 1.63. The zero-order valence-electron chi connectivity index (χ0n) is 9.60. The molecule has 2 N–H and O–H groups in total. The van der Waals surface area contributed by atoms with Gasteiger partial charge >= 0.3 is 12.0 Å². The maximum atomic E-state index is 12.0. The molecule has 0 unspecified atom stereocenters. The van der Waals surface area contributed by atoms with Crippen LogP contribution in [0.4, 0.5) is 10.5 Å². The van der Waals surface area contributed by atoms with Crippen LogP contribution in [-0.2, 0) is 4.79 Å². The van der Waals surface area contributed by atoms with Crippen LogP contribution in [0, 0.1) is 0 Å². The lowest BCUT2D eigenvalue weighted by Gasteiger charge is -2.21. The van der Waals surface area contributed by atoms with Gasteiger partial charge in [0.2, 0.25) is 0 Å². The molecule has 1 aliphatic rings. The molecule has 102 valence electrons. The number of thioether (sulfide) groups is 1. The number of hydrogen-bond donors (Lipinski definition) is 2. The van der Waals surface area contributed by atoms with Gasteiger partial charge in [-0.15, -0.1) is 11.8 Å². The second-order valence-corrected chi connectivity index (χ2v) is 5.72. The van der Waals surface area contributed by atoms with E-state index in [2.05, 4.69) is 5.32 Å². The van der Waals surface area contributed by atoms with E-state index in [1.54, 1.807) is 12.1 Å². The molecule has 0 spiro atoms. The van der Waals surface area contributed by atoms with E-state index in [-0.39, 0.29) is 0 Å². The van der Waals surface area contributed by atoms with Crippen molar-refractivity contribution in [1.82, 2.24) is 4.90 Å². The normalized spacial score (nSPS) is 18.4. The van der Waals surface area contributed by atoms with E-state index < -0.39 is 18.0 Å². The summed E-state index contributed by atoms with van der Waals surface area (Å²) in [4.78, 5) is 24.3. The lowest BCUT2D eigenvalue weighted by molar-refractivity contribution is -0.140. The minimum absolute atomic E-state index is 0.305. The molecule has 1 aromatic carbocycles. The molecule has 5 nitrogen and oxygen atoms in total. The van der Waals surface area contributed by atoms with Crippen LogP contribution in [0.1, 0.15) is 0 Å². The minimum atomic E-state index is -1.01. The second kappa shape index (κ2) is 5.90. The molecule has 0 saturated carbocycles. The van der Waals surface area contributed by atoms with Crippen LogP contribution in [-0.4, -0.2) is 39.7 Å². The van der Waals surface area contributed by atoms with Gasteiger partial charge in [-0.3, -0.25) is 0 Å². The van der Waals surface area contributed by atoms with Crippen LogP contribution in [0.25, 0.3) is 0 Å². The van der Waals surface area contributed by atoms with Crippen molar-refractivity contribution in [3.63, 3.8) is 0 Å². The largest absolute Gasteiger partial charge is 0.480 e. The number of hydrogen-bond acceptors (Lipinski definition) is 3. The molecule has 0 aromatic heterocycles. The molecule has 1 saturated heterocycles. The van der Waals surface area contributed by atoms with Crippen LogP contribution in [0.15, 0.2) is 18.2 Å². The highest BCUT2D eigenvalue weighted by atomic mass is 35.5. The number of rotatable bonds is 2. The Labute approximate surface area is 123 Å². The number of anilines is 1. The van der Waals surface area contributed by atoms with E-state index in [0.717, 1.165) is 0 Å². The van der Waals surface area contributed by atoms with Crippen molar-refractivity contribution in [2.75, 3.05) is 16.9 Å². The van der Waals surface area contributed by atoms with Gasteiger partial charge in [-0.05, 0) is 18.2 Å². The zero-order valence-corrected chi connectivity index (χ0v) is 11.9. The molecule has 2 rings (SSSR count). The van der Waals surface area contributed by atoms with Crippen LogP contribution in [0.3, 0.4) is 0 Å². The van der Waals surface area contributed by atoms with Gasteiger partial charge in [0.1, 0.15) is 6.04 Å². The monoisotopic (exact) mass is 320 g/mol. The molecule has 19 heavy (non-hydrogen) atoms. The average molecular weight is 321 g/mol. The quantitative estimate of drug-likeness (QED) is 0.878. The summed E-state index contributed by atoms with van der Waals surface area (Å²) in [6, 6.07) is 3.38. The van der Waals surface area contributed by atoms with Crippen molar-refractivity contribution < 1.29 is 14.7 Å². The topological polar surface area (TPSA) is 69.6 Å². The second-order valence-electron chi connectivity index (χ2n) is 3.88. The summed E-state index contributed by atoms with van der Waals surface area (Å²) in [7, 11) is 0. The van der Waals surface area contributed by atoms with E-state index in [4.69, 9.17) is 28.3 Å². The van der Waals surface area contributed by atoms with Crippen molar-refractivity contribution in [2.24, 2.45) is 0 Å². The molecule has 2 amide bonds. The first-order valence-electron chi connectivity index (χ1n) is 5.32. The number of nitrogens with one attached hydrogen (secondary N) is 1. The van der Waals surface area contributed by atoms with E-state index >= 15 is 0 Å². The SMILES string of the molecule is O=C(O)[C@@H]1CSCN1C(=O)Nc1ccc(Cl)cc1Cl. The first kappa shape index (κ1) is 14.3. The zero-order chi connectivity index (χ0) is 14.0. The summed E-state index contributed by atoms with van der Waals surface area (Å²) in [5.41, 5.74) is 0.400. The number of urea groups is 1. The first-order chi connectivity index (χ1) is 8.99. The number of carboxylic acids is 1. The van der Waals surface area contributed by atoms with Crippen molar-refractivity contribution in [1.29, 1.82) is 0 Å². The summed E-state index contributed by atoms with van der Waals surface area (Å²) >= 11 is 13.1. The number of nitrogens with zero attached hydrogens (tertiary/aromatic N) is 1. The Balaban J connectivity index is 2.10. The standard InChI is InChI=1S/C11H10Cl2N2O3S/c12-6-1-2-8(7(13)3-6)14-11(18)15-5-19-4-9(15)10(16)17/h1-3,9H,4-5H2,(H,14,18)(H,16,17)/t9-/m0/s1. The molecule has 8 heteroatoms. The molecular formula is C11H10Cl2N2O3S. The molecule has 0 radical (unpaired) electrons. The van der Waals surface area contributed by atoms with Gasteiger partial charge in [0.05, 0.1) is 16.6 Å². The van der Waals surface area contributed by atoms with Crippen molar-refractivity contribution >= 4 is 52.7 Å². The third-order valence-electron chi connectivity index (χ3n) is 2.60. The Morgan fingerprint density at radius 3 is 2.79 bits per heavy atom. The lowest BCUT2D eigenvalue weighted by atomic mass is 10.3. The number of halogens is 2. The summed E-state index contributed by atoms with van der Waals surface area (Å²) in [6.45, 7) is 0. The van der Waals surface area contributed by atoms with Crippen molar-refractivity contribution in [3.05, 3.63) is 28.2 Å². The van der Waals surface area contributed by atoms with Crippen molar-refractivity contribution in [3.8, 4) is 0 Å². The van der Waals surface area contributed by atoms with Gasteiger partial charge < -0.3 is 15.3 Å². The van der Waals surface area contributed by atoms with Gasteiger partial charge in [-0.1, -0.05) is 23.2 Å². The third kappa shape index (κ3) is 3.26. The Hall–Kier alpha value is -1.11. The molecule has 1 fully saturated rings. The van der Waals surface area contributed by atoms with Crippen LogP contribution < -0.4 is 5.32 Å². The van der Waals surface area contributed by atoms with Gasteiger partial charge in [0.15, 0.2) is 0 Å². The average Bonchev–Trinajstić information content (AvgIpc) is 2.82. The Bertz CT molecular complexity index is 527. The molecule has 1 atom stereocenters. The van der Waals surface area contributed by atoms with E-state index in [9.17, 15) is 9.59 Å². The predicted molar refractivity (Wildman–Crippen MR) is 76.1 cm³/mol. The Morgan fingerprint density at radius 1 is 1.42 bits per heavy atom. The Morgan fingerprint density at radius 2 is 2.16 bits per heavy atom. The number of benzene rings is 1. The van der Waals surface area contributed by atoms with E-state index in [1.165, 1.54) is 22.7 Å². The third-order valence-corrected chi connectivity index (χ3v) is 4.16. The van der Waals surface area contributed by atoms with E-state index in [0.29, 0.717) is 27.4 Å². The van der Waals surface area contributed by atoms with Gasteiger partial charge in [-0.25, -0.2) is 9.59 Å². The lowest BCUT2D eigenvalue weighted by Crippen LogP contribution is -2.44. The number of carboxylic acid groups (broad SMARTS) is 1. The molecule has 0 aliphatic carbocycles. The minimum Gasteiger partial charge on any atom is -0.480 e. The maximum Gasteiger partial charge on any atom is 0.327 e. The summed E-state index contributed by atoms with van der Waals surface area (Å²) in [6.07, 6.45) is 0. The predicted octanol–water partition coefficient (Wildman–Crippen LogP) is 2.98. The highest BCUT2D eigenvalue weighted by Gasteiger charge is 2.34. The fraction of sp³-hybridized carbons (Fsp3) is 0.273. The van der Waals surface area contributed by atoms with E-state index in [1.807, 2.05) is 0 Å². The molecular weight excluding hydrogens is 311 g/mol. The summed E-state index contributed by atoms with van der Waals surface area (Å²) < 4.78 is 0. The van der Waals surface area contributed by atoms with Gasteiger partial charge in [0, 0.05) is 10.8 Å². The van der Waals surface area contributed by atoms with Gasteiger partial charge in [-0.2, -0.15) is 0 Å². The van der Waals surface area contributed by atoms with Crippen molar-refractivity contribution in [2.45, 2.75) is 6.04 Å². The molecule has 1 aromatic rings. The Kier molecular flexibility index (Phi) is 4.44. The van der Waals surface area contributed by atoms with Crippen LogP contribution in [0.5, 0.6) is 0 Å². The molecule has 1 aliphatic heterocycles. The number of carbonyl (C=O) groups is 2. The highest BCUT2D eigenvalue weighted by Crippen LogP contribution is 2.27. The van der Waals surface area contributed by atoms with Crippen LogP contribution >= 0.6 is 35.0 Å². The first-order valence-corrected chi connectivity index (χ1v) is 7.23.